The van der Waals surface area contributed by atoms with Gasteiger partial charge in [0.15, 0.2) is 0 Å². The Morgan fingerprint density at radius 3 is 2.29 bits per heavy atom. The van der Waals surface area contributed by atoms with Gasteiger partial charge in [-0.1, -0.05) is 24.3 Å². The lowest BCUT2D eigenvalue weighted by atomic mass is 10.1. The second-order valence-corrected chi connectivity index (χ2v) is 5.75. The van der Waals surface area contributed by atoms with Gasteiger partial charge in [0.25, 0.3) is 5.91 Å². The van der Waals surface area contributed by atoms with E-state index in [9.17, 15) is 9.59 Å². The highest BCUT2D eigenvalue weighted by Gasteiger charge is 2.13. The molecule has 0 bridgehead atoms. The van der Waals surface area contributed by atoms with Gasteiger partial charge in [-0.3, -0.25) is 4.79 Å². The van der Waals surface area contributed by atoms with E-state index >= 15 is 0 Å². The van der Waals surface area contributed by atoms with Crippen LogP contribution >= 0.6 is 0 Å². The van der Waals surface area contributed by atoms with Gasteiger partial charge in [-0.15, -0.1) is 0 Å². The second kappa shape index (κ2) is 8.68. The number of pyridine rings is 1. The summed E-state index contributed by atoms with van der Waals surface area (Å²) in [7, 11) is 2.87. The summed E-state index contributed by atoms with van der Waals surface area (Å²) in [5, 5.41) is 5.85. The monoisotopic (exact) mass is 377 g/mol. The average Bonchev–Trinajstić information content (AvgIpc) is 2.74. The van der Waals surface area contributed by atoms with Gasteiger partial charge >= 0.3 is 5.97 Å². The molecule has 2 N–H and O–H groups in total. The van der Waals surface area contributed by atoms with Crippen molar-refractivity contribution in [3.05, 3.63) is 78.0 Å². The van der Waals surface area contributed by atoms with Crippen LogP contribution in [0, 0.1) is 0 Å². The molecule has 3 aromatic rings. The number of rotatable bonds is 6. The summed E-state index contributed by atoms with van der Waals surface area (Å²) in [4.78, 5) is 28.5. The normalized spacial score (nSPS) is 10.1. The Hall–Kier alpha value is -3.87. The van der Waals surface area contributed by atoms with Gasteiger partial charge < -0.3 is 20.1 Å². The molecular formula is C21H19N3O4. The summed E-state index contributed by atoms with van der Waals surface area (Å²) in [6.45, 7) is 0. The summed E-state index contributed by atoms with van der Waals surface area (Å²) in [5.74, 6) is 0.307. The number of esters is 1. The van der Waals surface area contributed by atoms with Crippen LogP contribution in [-0.2, 0) is 4.74 Å². The molecule has 142 valence electrons. The Morgan fingerprint density at radius 2 is 1.61 bits per heavy atom. The van der Waals surface area contributed by atoms with Gasteiger partial charge in [0, 0.05) is 6.20 Å². The number of carbonyl (C=O) groups excluding carboxylic acids is 2. The summed E-state index contributed by atoms with van der Waals surface area (Å²) in [6, 6.07) is 17.4. The van der Waals surface area contributed by atoms with E-state index in [0.717, 1.165) is 0 Å². The van der Waals surface area contributed by atoms with Crippen molar-refractivity contribution in [1.82, 2.24) is 4.98 Å². The molecule has 0 spiro atoms. The highest BCUT2D eigenvalue weighted by molar-refractivity contribution is 6.05. The first kappa shape index (κ1) is 18.9. The minimum absolute atomic E-state index is 0.307. The van der Waals surface area contributed by atoms with E-state index in [0.29, 0.717) is 34.1 Å². The number of para-hydroxylation sites is 3. The topological polar surface area (TPSA) is 89.5 Å². The van der Waals surface area contributed by atoms with Crippen LogP contribution in [0.2, 0.25) is 0 Å². The molecule has 0 unspecified atom stereocenters. The van der Waals surface area contributed by atoms with E-state index in [2.05, 4.69) is 15.6 Å². The lowest BCUT2D eigenvalue weighted by molar-refractivity contribution is 0.0601. The third kappa shape index (κ3) is 4.27. The van der Waals surface area contributed by atoms with Crippen molar-refractivity contribution in [2.45, 2.75) is 0 Å². The molecule has 1 heterocycles. The lowest BCUT2D eigenvalue weighted by Gasteiger charge is -2.11. The van der Waals surface area contributed by atoms with Gasteiger partial charge in [-0.2, -0.15) is 0 Å². The highest BCUT2D eigenvalue weighted by Crippen LogP contribution is 2.24. The Morgan fingerprint density at radius 1 is 0.893 bits per heavy atom. The molecule has 7 nitrogen and oxygen atoms in total. The van der Waals surface area contributed by atoms with Crippen molar-refractivity contribution < 1.29 is 19.1 Å². The molecule has 0 aliphatic heterocycles. The molecule has 1 aromatic heterocycles. The maximum absolute atomic E-state index is 12.4. The quantitative estimate of drug-likeness (QED) is 0.634. The zero-order chi connectivity index (χ0) is 19.9. The van der Waals surface area contributed by atoms with Crippen LogP contribution in [0.15, 0.2) is 66.9 Å². The zero-order valence-electron chi connectivity index (χ0n) is 15.4. The van der Waals surface area contributed by atoms with Crippen molar-refractivity contribution in [1.29, 1.82) is 0 Å². The van der Waals surface area contributed by atoms with Crippen molar-refractivity contribution in [2.75, 3.05) is 24.9 Å². The van der Waals surface area contributed by atoms with Gasteiger partial charge in [0.05, 0.1) is 36.7 Å². The molecule has 0 radical (unpaired) electrons. The Labute approximate surface area is 162 Å². The molecular weight excluding hydrogens is 358 g/mol. The number of hydrogen-bond acceptors (Lipinski definition) is 6. The average molecular weight is 377 g/mol. The minimum atomic E-state index is -0.448. The smallest absolute Gasteiger partial charge is 0.339 e. The van der Waals surface area contributed by atoms with Crippen molar-refractivity contribution >= 4 is 29.1 Å². The molecule has 0 fully saturated rings. The molecule has 0 aliphatic rings. The maximum Gasteiger partial charge on any atom is 0.339 e. The number of ether oxygens (including phenoxy) is 2. The largest absolute Gasteiger partial charge is 0.495 e. The third-order valence-electron chi connectivity index (χ3n) is 3.98. The second-order valence-electron chi connectivity index (χ2n) is 5.75. The Bertz CT molecular complexity index is 987. The fourth-order valence-electron chi connectivity index (χ4n) is 2.56. The van der Waals surface area contributed by atoms with Crippen LogP contribution in [0.5, 0.6) is 5.75 Å². The summed E-state index contributed by atoms with van der Waals surface area (Å²) in [5.41, 5.74) is 1.92. The number of amides is 1. The van der Waals surface area contributed by atoms with E-state index in [-0.39, 0.29) is 5.91 Å². The number of nitrogens with zero attached hydrogens (tertiary/aromatic N) is 1. The van der Waals surface area contributed by atoms with Gasteiger partial charge in [0.1, 0.15) is 11.6 Å². The predicted octanol–water partition coefficient (Wildman–Crippen LogP) is 3.87. The van der Waals surface area contributed by atoms with Crippen LogP contribution in [0.4, 0.5) is 17.2 Å². The SMILES string of the molecule is COC(=O)c1ccccc1Nc1ccc(C(=O)Nc2ccccc2OC)cn1. The van der Waals surface area contributed by atoms with Crippen LogP contribution in [0.25, 0.3) is 0 Å². The van der Waals surface area contributed by atoms with Crippen LogP contribution < -0.4 is 15.4 Å². The number of nitrogens with one attached hydrogen (secondary N) is 2. The summed E-state index contributed by atoms with van der Waals surface area (Å²) >= 11 is 0. The number of benzene rings is 2. The number of anilines is 3. The maximum atomic E-state index is 12.4. The molecule has 0 atom stereocenters. The van der Waals surface area contributed by atoms with E-state index in [1.54, 1.807) is 55.6 Å². The van der Waals surface area contributed by atoms with Crippen molar-refractivity contribution in [2.24, 2.45) is 0 Å². The van der Waals surface area contributed by atoms with E-state index in [1.165, 1.54) is 13.3 Å². The molecule has 7 heteroatoms. The molecule has 2 aromatic carbocycles. The number of aromatic nitrogens is 1. The van der Waals surface area contributed by atoms with E-state index in [1.807, 2.05) is 12.1 Å². The first-order valence-electron chi connectivity index (χ1n) is 8.47. The summed E-state index contributed by atoms with van der Waals surface area (Å²) in [6.07, 6.45) is 1.45. The first-order chi connectivity index (χ1) is 13.6. The number of hydrogen-bond donors (Lipinski definition) is 2. The molecule has 28 heavy (non-hydrogen) atoms. The van der Waals surface area contributed by atoms with Crippen LogP contribution in [-0.4, -0.2) is 31.1 Å². The number of carbonyl (C=O) groups is 2. The van der Waals surface area contributed by atoms with Gasteiger partial charge in [0.2, 0.25) is 0 Å². The van der Waals surface area contributed by atoms with Gasteiger partial charge in [-0.05, 0) is 36.4 Å². The van der Waals surface area contributed by atoms with Crippen molar-refractivity contribution in [3.8, 4) is 5.75 Å². The molecule has 0 saturated carbocycles. The lowest BCUT2D eigenvalue weighted by Crippen LogP contribution is -2.13. The zero-order valence-corrected chi connectivity index (χ0v) is 15.4. The fourth-order valence-corrected chi connectivity index (χ4v) is 2.56. The van der Waals surface area contributed by atoms with Crippen LogP contribution in [0.1, 0.15) is 20.7 Å². The molecule has 3 rings (SSSR count). The fraction of sp³-hybridized carbons (Fsp3) is 0.0952. The standard InChI is InChI=1S/C21H19N3O4/c1-27-18-10-6-5-9-17(18)24-20(25)14-11-12-19(22-13-14)23-16-8-4-3-7-15(16)21(26)28-2/h3-13H,1-2H3,(H,22,23)(H,24,25). The molecule has 0 saturated heterocycles. The summed E-state index contributed by atoms with van der Waals surface area (Å²) < 4.78 is 10.0. The third-order valence-corrected chi connectivity index (χ3v) is 3.98. The number of methoxy groups -OCH3 is 2. The minimum Gasteiger partial charge on any atom is -0.495 e. The van der Waals surface area contributed by atoms with Crippen LogP contribution in [0.3, 0.4) is 0 Å². The molecule has 0 aliphatic carbocycles. The highest BCUT2D eigenvalue weighted by atomic mass is 16.5. The van der Waals surface area contributed by atoms with Crippen molar-refractivity contribution in [3.63, 3.8) is 0 Å². The molecule has 1 amide bonds. The van der Waals surface area contributed by atoms with E-state index in [4.69, 9.17) is 9.47 Å². The van der Waals surface area contributed by atoms with E-state index < -0.39 is 5.97 Å². The Balaban J connectivity index is 1.74. The predicted molar refractivity (Wildman–Crippen MR) is 106 cm³/mol. The van der Waals surface area contributed by atoms with Gasteiger partial charge in [-0.25, -0.2) is 9.78 Å². The first-order valence-corrected chi connectivity index (χ1v) is 8.47. The Kier molecular flexibility index (Phi) is 5.86.